The number of amides is 3. The molecule has 8 nitrogen and oxygen atoms in total. The maximum absolute atomic E-state index is 14.0. The molecule has 1 atom stereocenters. The van der Waals surface area contributed by atoms with Crippen molar-refractivity contribution in [1.82, 2.24) is 20.1 Å². The van der Waals surface area contributed by atoms with Gasteiger partial charge in [-0.25, -0.2) is 0 Å². The third-order valence-electron chi connectivity index (χ3n) is 7.25. The van der Waals surface area contributed by atoms with Crippen molar-refractivity contribution in [1.29, 1.82) is 0 Å². The predicted molar refractivity (Wildman–Crippen MR) is 142 cm³/mol. The second-order valence-electron chi connectivity index (χ2n) is 9.60. The smallest absolute Gasteiger partial charge is 0.257 e. The number of rotatable bonds is 5. The first-order chi connectivity index (χ1) is 18.4. The minimum absolute atomic E-state index is 0.0802. The largest absolute Gasteiger partial charge is 0.353 e. The van der Waals surface area contributed by atoms with Gasteiger partial charge in [-0.15, -0.1) is 0 Å². The van der Waals surface area contributed by atoms with E-state index >= 15 is 0 Å². The SMILES string of the molecule is Cc1ccccc1C(=O)N1C(C(=O)NCc2ccccn2)COC12CCN(C(=O)c1ccc(Cl)cc1)CC2. The maximum Gasteiger partial charge on any atom is 0.257 e. The molecule has 196 valence electrons. The molecule has 2 aromatic carbocycles. The molecule has 1 spiro atoms. The van der Waals surface area contributed by atoms with Gasteiger partial charge in [0.2, 0.25) is 5.91 Å². The Kier molecular flexibility index (Phi) is 7.44. The Balaban J connectivity index is 1.37. The zero-order valence-electron chi connectivity index (χ0n) is 21.1. The second kappa shape index (κ2) is 10.9. The molecule has 0 radical (unpaired) electrons. The first-order valence-electron chi connectivity index (χ1n) is 12.6. The van der Waals surface area contributed by atoms with E-state index in [9.17, 15) is 14.4 Å². The van der Waals surface area contributed by atoms with Gasteiger partial charge in [0.15, 0.2) is 0 Å². The lowest BCUT2D eigenvalue weighted by Gasteiger charge is -2.44. The lowest BCUT2D eigenvalue weighted by atomic mass is 9.95. The molecule has 1 N–H and O–H groups in total. The van der Waals surface area contributed by atoms with E-state index in [1.165, 1.54) is 0 Å². The fourth-order valence-electron chi connectivity index (χ4n) is 5.14. The van der Waals surface area contributed by atoms with Crippen LogP contribution < -0.4 is 5.32 Å². The fraction of sp³-hybridized carbons (Fsp3) is 0.310. The van der Waals surface area contributed by atoms with Crippen molar-refractivity contribution in [2.75, 3.05) is 19.7 Å². The molecular formula is C29H29ClN4O4. The molecule has 1 unspecified atom stereocenters. The van der Waals surface area contributed by atoms with E-state index in [2.05, 4.69) is 10.3 Å². The van der Waals surface area contributed by atoms with Crippen molar-refractivity contribution in [3.8, 4) is 0 Å². The van der Waals surface area contributed by atoms with E-state index in [-0.39, 0.29) is 30.9 Å². The Morgan fingerprint density at radius 2 is 1.71 bits per heavy atom. The number of piperidine rings is 1. The molecule has 9 heteroatoms. The van der Waals surface area contributed by atoms with E-state index < -0.39 is 11.8 Å². The summed E-state index contributed by atoms with van der Waals surface area (Å²) in [4.78, 5) is 48.0. The van der Waals surface area contributed by atoms with Gasteiger partial charge in [0.1, 0.15) is 11.8 Å². The zero-order valence-corrected chi connectivity index (χ0v) is 21.9. The Bertz CT molecular complexity index is 1320. The number of hydrogen-bond donors (Lipinski definition) is 1. The van der Waals surface area contributed by atoms with Crippen molar-refractivity contribution < 1.29 is 19.1 Å². The molecule has 2 fully saturated rings. The number of benzene rings is 2. The number of hydrogen-bond acceptors (Lipinski definition) is 5. The number of ether oxygens (including phenoxy) is 1. The summed E-state index contributed by atoms with van der Waals surface area (Å²) in [5, 5.41) is 3.48. The fourth-order valence-corrected chi connectivity index (χ4v) is 5.27. The predicted octanol–water partition coefficient (Wildman–Crippen LogP) is 3.83. The molecule has 38 heavy (non-hydrogen) atoms. The van der Waals surface area contributed by atoms with Crippen LogP contribution in [0.2, 0.25) is 5.02 Å². The van der Waals surface area contributed by atoms with Gasteiger partial charge in [-0.05, 0) is 55.0 Å². The normalized spacial score (nSPS) is 18.4. The Morgan fingerprint density at radius 3 is 2.39 bits per heavy atom. The highest BCUT2D eigenvalue weighted by atomic mass is 35.5. The van der Waals surface area contributed by atoms with Crippen LogP contribution in [0, 0.1) is 6.92 Å². The van der Waals surface area contributed by atoms with Crippen molar-refractivity contribution >= 4 is 29.3 Å². The summed E-state index contributed by atoms with van der Waals surface area (Å²) < 4.78 is 6.29. The number of carbonyl (C=O) groups is 3. The van der Waals surface area contributed by atoms with E-state index in [1.807, 2.05) is 43.3 Å². The van der Waals surface area contributed by atoms with Crippen molar-refractivity contribution in [3.05, 3.63) is 100 Å². The molecular weight excluding hydrogens is 504 g/mol. The number of nitrogens with zero attached hydrogens (tertiary/aromatic N) is 3. The highest BCUT2D eigenvalue weighted by molar-refractivity contribution is 6.30. The summed E-state index contributed by atoms with van der Waals surface area (Å²) in [6, 6.07) is 18.8. The van der Waals surface area contributed by atoms with Crippen LogP contribution in [0.5, 0.6) is 0 Å². The standard InChI is InChI=1S/C29H29ClN4O4/c1-20-6-2-3-8-24(20)28(37)34-25(26(35)32-18-23-7-4-5-15-31-23)19-38-29(34)13-16-33(17-14-29)27(36)21-9-11-22(30)12-10-21/h2-12,15,25H,13-14,16-19H2,1H3,(H,32,35). The summed E-state index contributed by atoms with van der Waals surface area (Å²) in [6.45, 7) is 2.98. The van der Waals surface area contributed by atoms with Crippen LogP contribution in [0.15, 0.2) is 72.9 Å². The van der Waals surface area contributed by atoms with Crippen LogP contribution in [0.1, 0.15) is 44.8 Å². The average molecular weight is 533 g/mol. The Labute approximate surface area is 226 Å². The van der Waals surface area contributed by atoms with Crippen LogP contribution in [0.3, 0.4) is 0 Å². The molecule has 2 aliphatic rings. The monoisotopic (exact) mass is 532 g/mol. The molecule has 2 saturated heterocycles. The molecule has 2 aliphatic heterocycles. The van der Waals surface area contributed by atoms with Crippen LogP contribution in [0.25, 0.3) is 0 Å². The third kappa shape index (κ3) is 5.14. The number of halogens is 1. The van der Waals surface area contributed by atoms with E-state index in [4.69, 9.17) is 16.3 Å². The number of carbonyl (C=O) groups excluding carboxylic acids is 3. The molecule has 0 aliphatic carbocycles. The lowest BCUT2D eigenvalue weighted by Crippen LogP contribution is -2.59. The van der Waals surface area contributed by atoms with Gasteiger partial charge in [0.25, 0.3) is 11.8 Å². The van der Waals surface area contributed by atoms with E-state index in [0.29, 0.717) is 42.1 Å². The summed E-state index contributed by atoms with van der Waals surface area (Å²) in [7, 11) is 0. The number of aryl methyl sites for hydroxylation is 1. The molecule has 0 saturated carbocycles. The van der Waals surface area contributed by atoms with E-state index in [0.717, 1.165) is 11.3 Å². The summed E-state index contributed by atoms with van der Waals surface area (Å²) >= 11 is 5.97. The highest BCUT2D eigenvalue weighted by Crippen LogP contribution is 2.39. The van der Waals surface area contributed by atoms with Crippen LogP contribution >= 0.6 is 11.6 Å². The maximum atomic E-state index is 14.0. The topological polar surface area (TPSA) is 91.8 Å². The molecule has 3 heterocycles. The molecule has 3 aromatic rings. The number of nitrogens with one attached hydrogen (secondary N) is 1. The minimum atomic E-state index is -0.983. The Morgan fingerprint density at radius 1 is 1.00 bits per heavy atom. The third-order valence-corrected chi connectivity index (χ3v) is 7.50. The van der Waals surface area contributed by atoms with Gasteiger partial charge < -0.3 is 15.0 Å². The van der Waals surface area contributed by atoms with E-state index in [1.54, 1.807) is 46.3 Å². The van der Waals surface area contributed by atoms with Gasteiger partial charge in [-0.2, -0.15) is 0 Å². The van der Waals surface area contributed by atoms with Gasteiger partial charge in [-0.1, -0.05) is 35.9 Å². The van der Waals surface area contributed by atoms with Crippen molar-refractivity contribution in [2.45, 2.75) is 38.1 Å². The highest BCUT2D eigenvalue weighted by Gasteiger charge is 2.54. The lowest BCUT2D eigenvalue weighted by molar-refractivity contribution is -0.128. The van der Waals surface area contributed by atoms with Crippen LogP contribution in [0.4, 0.5) is 0 Å². The van der Waals surface area contributed by atoms with Crippen LogP contribution in [-0.2, 0) is 16.1 Å². The molecule has 3 amide bonds. The number of aromatic nitrogens is 1. The number of pyridine rings is 1. The van der Waals surface area contributed by atoms with Gasteiger partial charge in [-0.3, -0.25) is 24.3 Å². The van der Waals surface area contributed by atoms with Crippen molar-refractivity contribution in [2.24, 2.45) is 0 Å². The summed E-state index contributed by atoms with van der Waals surface area (Å²) in [5.41, 5.74) is 1.64. The average Bonchev–Trinajstić information content (AvgIpc) is 3.31. The van der Waals surface area contributed by atoms with Crippen molar-refractivity contribution in [3.63, 3.8) is 0 Å². The second-order valence-corrected chi connectivity index (χ2v) is 10.0. The minimum Gasteiger partial charge on any atom is -0.353 e. The van der Waals surface area contributed by atoms with Gasteiger partial charge in [0, 0.05) is 48.3 Å². The first-order valence-corrected chi connectivity index (χ1v) is 13.0. The quantitative estimate of drug-likeness (QED) is 0.539. The molecule has 1 aromatic heterocycles. The van der Waals surface area contributed by atoms with Gasteiger partial charge >= 0.3 is 0 Å². The van der Waals surface area contributed by atoms with Gasteiger partial charge in [0.05, 0.1) is 18.8 Å². The summed E-state index contributed by atoms with van der Waals surface area (Å²) in [5.74, 6) is -0.652. The molecule has 5 rings (SSSR count). The molecule has 0 bridgehead atoms. The summed E-state index contributed by atoms with van der Waals surface area (Å²) in [6.07, 6.45) is 2.46. The van der Waals surface area contributed by atoms with Crippen LogP contribution in [-0.4, -0.2) is 64.0 Å². The Hall–Kier alpha value is -3.75. The first kappa shape index (κ1) is 25.9. The zero-order chi connectivity index (χ0) is 26.7. The number of likely N-dealkylation sites (tertiary alicyclic amines) is 1.